The fourth-order valence-corrected chi connectivity index (χ4v) is 2.14. The number of aromatic nitrogens is 2. The summed E-state index contributed by atoms with van der Waals surface area (Å²) in [4.78, 5) is 24.4. The average Bonchev–Trinajstić information content (AvgIpc) is 2.79. The highest BCUT2D eigenvalue weighted by Gasteiger charge is 2.39. The Balaban J connectivity index is 2.70. The van der Waals surface area contributed by atoms with Gasteiger partial charge in [-0.1, -0.05) is 20.8 Å². The van der Waals surface area contributed by atoms with E-state index < -0.39 is 17.3 Å². The highest BCUT2D eigenvalue weighted by molar-refractivity contribution is 5.98. The maximum absolute atomic E-state index is 12.4. The first-order chi connectivity index (χ1) is 9.75. The molecule has 0 saturated carbocycles. The van der Waals surface area contributed by atoms with Gasteiger partial charge in [-0.15, -0.1) is 0 Å². The molecule has 0 saturated heterocycles. The molecule has 118 valence electrons. The van der Waals surface area contributed by atoms with Gasteiger partial charge in [0.2, 0.25) is 5.91 Å². The normalized spacial score (nSPS) is 14.3. The van der Waals surface area contributed by atoms with E-state index in [2.05, 4.69) is 10.4 Å². The van der Waals surface area contributed by atoms with Gasteiger partial charge in [0.25, 0.3) is 0 Å². The van der Waals surface area contributed by atoms with Crippen molar-refractivity contribution in [3.8, 4) is 0 Å². The van der Waals surface area contributed by atoms with Gasteiger partial charge < -0.3 is 10.1 Å². The van der Waals surface area contributed by atoms with Gasteiger partial charge in [0.1, 0.15) is 5.92 Å². The van der Waals surface area contributed by atoms with Gasteiger partial charge in [0, 0.05) is 18.4 Å². The van der Waals surface area contributed by atoms with E-state index in [4.69, 9.17) is 4.74 Å². The molecule has 1 aromatic rings. The Kier molecular flexibility index (Phi) is 5.93. The Hall–Kier alpha value is -1.85. The molecule has 0 fully saturated rings. The second kappa shape index (κ2) is 7.24. The summed E-state index contributed by atoms with van der Waals surface area (Å²) in [6, 6.07) is 1.70. The van der Waals surface area contributed by atoms with E-state index >= 15 is 0 Å². The number of hydrogen-bond donors (Lipinski definition) is 1. The first-order valence-corrected chi connectivity index (χ1v) is 7.20. The smallest absolute Gasteiger partial charge is 0.319 e. The molecule has 21 heavy (non-hydrogen) atoms. The average molecular weight is 295 g/mol. The minimum absolute atomic E-state index is 0.128. The van der Waals surface area contributed by atoms with Crippen LogP contribution in [0.2, 0.25) is 0 Å². The molecule has 1 rings (SSSR count). The maximum atomic E-state index is 12.4. The molecule has 0 bridgehead atoms. The fourth-order valence-electron chi connectivity index (χ4n) is 2.14. The van der Waals surface area contributed by atoms with Crippen LogP contribution in [0.5, 0.6) is 0 Å². The summed E-state index contributed by atoms with van der Waals surface area (Å²) >= 11 is 0. The molecule has 0 aromatic carbocycles. The lowest BCUT2D eigenvalue weighted by Gasteiger charge is -2.28. The van der Waals surface area contributed by atoms with Crippen LogP contribution in [0.15, 0.2) is 18.5 Å². The van der Waals surface area contributed by atoms with E-state index in [9.17, 15) is 9.59 Å². The number of nitrogens with one attached hydrogen (secondary N) is 1. The lowest BCUT2D eigenvalue weighted by Crippen LogP contribution is -2.47. The zero-order valence-electron chi connectivity index (χ0n) is 13.4. The quantitative estimate of drug-likeness (QED) is 0.639. The van der Waals surface area contributed by atoms with Crippen molar-refractivity contribution in [3.05, 3.63) is 18.5 Å². The lowest BCUT2D eigenvalue weighted by atomic mass is 9.80. The van der Waals surface area contributed by atoms with E-state index in [0.717, 1.165) is 0 Å². The molecule has 0 spiro atoms. The summed E-state index contributed by atoms with van der Waals surface area (Å²) in [5.41, 5.74) is -0.498. The summed E-state index contributed by atoms with van der Waals surface area (Å²) < 4.78 is 6.76. The van der Waals surface area contributed by atoms with E-state index in [1.807, 2.05) is 40.0 Å². The number of carbonyl (C=O) groups excluding carboxylic acids is 2. The summed E-state index contributed by atoms with van der Waals surface area (Å²) in [5.74, 6) is -1.60. The van der Waals surface area contributed by atoms with E-state index in [-0.39, 0.29) is 18.6 Å². The monoisotopic (exact) mass is 295 g/mol. The molecule has 2 unspecified atom stereocenters. The predicted molar refractivity (Wildman–Crippen MR) is 79.4 cm³/mol. The number of ether oxygens (including phenoxy) is 1. The molecular weight excluding hydrogens is 270 g/mol. The van der Waals surface area contributed by atoms with Crippen LogP contribution in [0.25, 0.3) is 0 Å². The Morgan fingerprint density at radius 3 is 2.52 bits per heavy atom. The summed E-state index contributed by atoms with van der Waals surface area (Å²) in [7, 11) is 0. The van der Waals surface area contributed by atoms with Crippen LogP contribution in [-0.2, 0) is 20.9 Å². The number of carbonyl (C=O) groups is 2. The van der Waals surface area contributed by atoms with Crippen LogP contribution in [0.4, 0.5) is 0 Å². The molecule has 6 heteroatoms. The molecule has 0 aliphatic rings. The summed E-state index contributed by atoms with van der Waals surface area (Å²) in [6.45, 7) is 9.99. The molecule has 6 nitrogen and oxygen atoms in total. The van der Waals surface area contributed by atoms with Crippen molar-refractivity contribution in [1.82, 2.24) is 15.1 Å². The van der Waals surface area contributed by atoms with Crippen LogP contribution in [0, 0.1) is 11.3 Å². The van der Waals surface area contributed by atoms with Crippen molar-refractivity contribution in [1.29, 1.82) is 0 Å². The highest BCUT2D eigenvalue weighted by atomic mass is 16.5. The van der Waals surface area contributed by atoms with E-state index in [1.165, 1.54) is 0 Å². The van der Waals surface area contributed by atoms with Crippen molar-refractivity contribution < 1.29 is 14.3 Å². The number of esters is 1. The molecule has 2 atom stereocenters. The second-order valence-electron chi connectivity index (χ2n) is 6.19. The molecule has 1 amide bonds. The Labute approximate surface area is 125 Å². The first-order valence-electron chi connectivity index (χ1n) is 7.20. The highest BCUT2D eigenvalue weighted by Crippen LogP contribution is 2.27. The van der Waals surface area contributed by atoms with Gasteiger partial charge in [-0.25, -0.2) is 0 Å². The SMILES string of the molecule is CCOC(=O)C(C(=O)NC(C)Cn1cccn1)C(C)(C)C. The predicted octanol–water partition coefficient (Wildman–Crippen LogP) is 1.61. The molecule has 1 aromatic heterocycles. The van der Waals surface area contributed by atoms with Crippen LogP contribution in [-0.4, -0.2) is 34.3 Å². The first kappa shape index (κ1) is 17.2. The minimum atomic E-state index is -0.822. The third kappa shape index (κ3) is 5.21. The van der Waals surface area contributed by atoms with Crippen LogP contribution < -0.4 is 5.32 Å². The van der Waals surface area contributed by atoms with Crippen LogP contribution in [0.1, 0.15) is 34.6 Å². The summed E-state index contributed by atoms with van der Waals surface area (Å²) in [5, 5.41) is 6.96. The fraction of sp³-hybridized carbons (Fsp3) is 0.667. The molecule has 0 radical (unpaired) electrons. The van der Waals surface area contributed by atoms with Crippen LogP contribution >= 0.6 is 0 Å². The summed E-state index contributed by atoms with van der Waals surface area (Å²) in [6.07, 6.45) is 3.51. The maximum Gasteiger partial charge on any atom is 0.319 e. The van der Waals surface area contributed by atoms with Gasteiger partial charge >= 0.3 is 5.97 Å². The zero-order valence-corrected chi connectivity index (χ0v) is 13.4. The number of hydrogen-bond acceptors (Lipinski definition) is 4. The van der Waals surface area contributed by atoms with Gasteiger partial charge in [-0.2, -0.15) is 5.10 Å². The lowest BCUT2D eigenvalue weighted by molar-refractivity contribution is -0.156. The third-order valence-corrected chi connectivity index (χ3v) is 3.06. The second-order valence-corrected chi connectivity index (χ2v) is 6.19. The molecule has 0 aliphatic heterocycles. The number of nitrogens with zero attached hydrogens (tertiary/aromatic N) is 2. The van der Waals surface area contributed by atoms with Crippen molar-refractivity contribution in [2.75, 3.05) is 6.61 Å². The van der Waals surface area contributed by atoms with Gasteiger partial charge in [-0.3, -0.25) is 14.3 Å². The van der Waals surface area contributed by atoms with Crippen molar-refractivity contribution in [2.45, 2.75) is 47.2 Å². The number of amides is 1. The van der Waals surface area contributed by atoms with E-state index in [1.54, 1.807) is 17.8 Å². The third-order valence-electron chi connectivity index (χ3n) is 3.06. The molecule has 1 heterocycles. The molecular formula is C15H25N3O3. The standard InChI is InChI=1S/C15H25N3O3/c1-6-21-14(20)12(15(3,4)5)13(19)17-11(2)10-18-9-7-8-16-18/h7-9,11-12H,6,10H2,1-5H3,(H,17,19). The van der Waals surface area contributed by atoms with Gasteiger partial charge in [-0.05, 0) is 25.3 Å². The van der Waals surface area contributed by atoms with Crippen molar-refractivity contribution >= 4 is 11.9 Å². The van der Waals surface area contributed by atoms with Gasteiger partial charge in [0.15, 0.2) is 0 Å². The van der Waals surface area contributed by atoms with Crippen LogP contribution in [0.3, 0.4) is 0 Å². The van der Waals surface area contributed by atoms with Gasteiger partial charge in [0.05, 0.1) is 13.2 Å². The molecule has 1 N–H and O–H groups in total. The number of rotatable bonds is 6. The van der Waals surface area contributed by atoms with E-state index in [0.29, 0.717) is 6.54 Å². The Bertz CT molecular complexity index is 463. The van der Waals surface area contributed by atoms with Crippen molar-refractivity contribution in [3.63, 3.8) is 0 Å². The largest absolute Gasteiger partial charge is 0.465 e. The minimum Gasteiger partial charge on any atom is -0.465 e. The Morgan fingerprint density at radius 2 is 2.05 bits per heavy atom. The van der Waals surface area contributed by atoms with Crippen molar-refractivity contribution in [2.24, 2.45) is 11.3 Å². The Morgan fingerprint density at radius 1 is 1.38 bits per heavy atom. The topological polar surface area (TPSA) is 73.2 Å². The zero-order chi connectivity index (χ0) is 16.0. The molecule has 0 aliphatic carbocycles.